The first-order valence-electron chi connectivity index (χ1n) is 7.83. The second-order valence-electron chi connectivity index (χ2n) is 6.15. The Morgan fingerprint density at radius 1 is 0.957 bits per heavy atom. The highest BCUT2D eigenvalue weighted by molar-refractivity contribution is 6.00. The van der Waals surface area contributed by atoms with E-state index in [1.54, 1.807) is 0 Å². The Labute approximate surface area is 138 Å². The molecule has 0 aromatic heterocycles. The molecule has 0 atom stereocenters. The van der Waals surface area contributed by atoms with Gasteiger partial charge in [-0.25, -0.2) is 5.43 Å². The van der Waals surface area contributed by atoms with Crippen LogP contribution >= 0.6 is 0 Å². The van der Waals surface area contributed by atoms with Crippen molar-refractivity contribution in [3.8, 4) is 0 Å². The first kappa shape index (κ1) is 16.9. The van der Waals surface area contributed by atoms with E-state index in [4.69, 9.17) is 0 Å². The second kappa shape index (κ2) is 7.23. The molecule has 2 rings (SSSR count). The number of nitrogens with one attached hydrogen (secondary N) is 1. The van der Waals surface area contributed by atoms with Crippen LogP contribution in [0, 0.1) is 27.7 Å². The van der Waals surface area contributed by atoms with Gasteiger partial charge in [0.25, 0.3) is 0 Å². The lowest BCUT2D eigenvalue weighted by molar-refractivity contribution is -0.120. The lowest BCUT2D eigenvalue weighted by Gasteiger charge is -2.08. The van der Waals surface area contributed by atoms with Gasteiger partial charge in [-0.05, 0) is 56.9 Å². The summed E-state index contributed by atoms with van der Waals surface area (Å²) in [4.78, 5) is 12.1. The van der Waals surface area contributed by atoms with Crippen molar-refractivity contribution in [3.63, 3.8) is 0 Å². The van der Waals surface area contributed by atoms with Crippen molar-refractivity contribution in [1.29, 1.82) is 0 Å². The molecule has 0 aliphatic carbocycles. The fourth-order valence-electron chi connectivity index (χ4n) is 2.56. The molecule has 1 amide bonds. The molecular weight excluding hydrogens is 284 g/mol. The van der Waals surface area contributed by atoms with Crippen molar-refractivity contribution in [1.82, 2.24) is 5.43 Å². The molecule has 2 aromatic carbocycles. The number of carbonyl (C=O) groups is 1. The first-order chi connectivity index (χ1) is 10.9. The standard InChI is InChI=1S/C20H24N2O/c1-13-6-9-19(16(4)10-13)17(5)21-22-20(23)12-18-8-7-14(2)15(3)11-18/h6-11H,12H2,1-5H3,(H,22,23)/b21-17-. The Kier molecular flexibility index (Phi) is 5.32. The third-order valence-electron chi connectivity index (χ3n) is 4.06. The van der Waals surface area contributed by atoms with Gasteiger partial charge in [-0.2, -0.15) is 5.10 Å². The van der Waals surface area contributed by atoms with Gasteiger partial charge in [0.05, 0.1) is 12.1 Å². The largest absolute Gasteiger partial charge is 0.273 e. The molecule has 0 spiro atoms. The average Bonchev–Trinajstić information content (AvgIpc) is 2.48. The molecule has 23 heavy (non-hydrogen) atoms. The van der Waals surface area contributed by atoms with Crippen molar-refractivity contribution in [3.05, 3.63) is 69.8 Å². The quantitative estimate of drug-likeness (QED) is 0.673. The van der Waals surface area contributed by atoms with Crippen molar-refractivity contribution in [2.45, 2.75) is 41.0 Å². The predicted octanol–water partition coefficient (Wildman–Crippen LogP) is 4.00. The van der Waals surface area contributed by atoms with Crippen LogP contribution in [-0.4, -0.2) is 11.6 Å². The number of carbonyl (C=O) groups excluding carboxylic acids is 1. The van der Waals surface area contributed by atoms with Crippen LogP contribution in [0.4, 0.5) is 0 Å². The van der Waals surface area contributed by atoms with E-state index in [1.165, 1.54) is 16.7 Å². The summed E-state index contributed by atoms with van der Waals surface area (Å²) in [5.74, 6) is -0.0997. The van der Waals surface area contributed by atoms with Crippen molar-refractivity contribution in [2.24, 2.45) is 5.10 Å². The lowest BCUT2D eigenvalue weighted by atomic mass is 10.0. The van der Waals surface area contributed by atoms with E-state index < -0.39 is 0 Å². The molecule has 0 unspecified atom stereocenters. The van der Waals surface area contributed by atoms with Crippen molar-refractivity contribution in [2.75, 3.05) is 0 Å². The van der Waals surface area contributed by atoms with E-state index in [0.717, 1.165) is 22.4 Å². The minimum Gasteiger partial charge on any atom is -0.273 e. The fraction of sp³-hybridized carbons (Fsp3) is 0.300. The number of hydrogen-bond acceptors (Lipinski definition) is 2. The number of amides is 1. The van der Waals surface area contributed by atoms with Crippen LogP contribution in [0.3, 0.4) is 0 Å². The number of rotatable bonds is 4. The van der Waals surface area contributed by atoms with Crippen molar-refractivity contribution >= 4 is 11.6 Å². The number of nitrogens with zero attached hydrogens (tertiary/aromatic N) is 1. The molecule has 0 radical (unpaired) electrons. The topological polar surface area (TPSA) is 41.5 Å². The van der Waals surface area contributed by atoms with Crippen molar-refractivity contribution < 1.29 is 4.79 Å². The smallest absolute Gasteiger partial charge is 0.244 e. The number of hydrazone groups is 1. The summed E-state index contributed by atoms with van der Waals surface area (Å²) in [6.07, 6.45) is 0.338. The Morgan fingerprint density at radius 2 is 1.70 bits per heavy atom. The predicted molar refractivity (Wildman–Crippen MR) is 95.9 cm³/mol. The zero-order valence-corrected chi connectivity index (χ0v) is 14.5. The zero-order valence-electron chi connectivity index (χ0n) is 14.5. The maximum atomic E-state index is 12.1. The number of benzene rings is 2. The molecule has 0 saturated heterocycles. The van der Waals surface area contributed by atoms with Gasteiger partial charge in [0.1, 0.15) is 0 Å². The minimum absolute atomic E-state index is 0.0997. The molecule has 2 aromatic rings. The Balaban J connectivity index is 2.03. The van der Waals surface area contributed by atoms with Crippen LogP contribution in [0.15, 0.2) is 41.5 Å². The number of aryl methyl sites for hydroxylation is 4. The highest BCUT2D eigenvalue weighted by Crippen LogP contribution is 2.12. The molecule has 1 N–H and O–H groups in total. The SMILES string of the molecule is C/C(=N/NC(=O)Cc1ccc(C)c(C)c1)c1ccc(C)cc1C. The highest BCUT2D eigenvalue weighted by Gasteiger charge is 2.06. The molecule has 0 aliphatic heterocycles. The van der Waals surface area contributed by atoms with Crippen LogP contribution in [0.2, 0.25) is 0 Å². The lowest BCUT2D eigenvalue weighted by Crippen LogP contribution is -2.21. The molecule has 0 aliphatic rings. The van der Waals surface area contributed by atoms with E-state index in [-0.39, 0.29) is 5.91 Å². The minimum atomic E-state index is -0.0997. The van der Waals surface area contributed by atoms with E-state index >= 15 is 0 Å². The molecule has 3 heteroatoms. The maximum Gasteiger partial charge on any atom is 0.244 e. The summed E-state index contributed by atoms with van der Waals surface area (Å²) in [6.45, 7) is 10.1. The Morgan fingerprint density at radius 3 is 2.35 bits per heavy atom. The van der Waals surface area contributed by atoms with Gasteiger partial charge in [-0.15, -0.1) is 0 Å². The summed E-state index contributed by atoms with van der Waals surface area (Å²) in [5, 5.41) is 4.24. The highest BCUT2D eigenvalue weighted by atomic mass is 16.2. The maximum absolute atomic E-state index is 12.1. The summed E-state index contributed by atoms with van der Waals surface area (Å²) < 4.78 is 0. The molecule has 0 fully saturated rings. The van der Waals surface area contributed by atoms with Gasteiger partial charge < -0.3 is 0 Å². The third kappa shape index (κ3) is 4.52. The van der Waals surface area contributed by atoms with Crippen LogP contribution in [0.5, 0.6) is 0 Å². The van der Waals surface area contributed by atoms with Crippen LogP contribution < -0.4 is 5.43 Å². The zero-order chi connectivity index (χ0) is 17.0. The van der Waals surface area contributed by atoms with Gasteiger partial charge in [-0.1, -0.05) is 42.0 Å². The molecule has 0 saturated carbocycles. The molecule has 0 heterocycles. The van der Waals surface area contributed by atoms with E-state index in [0.29, 0.717) is 6.42 Å². The number of hydrogen-bond donors (Lipinski definition) is 1. The van der Waals surface area contributed by atoms with Gasteiger partial charge in [0, 0.05) is 5.56 Å². The summed E-state index contributed by atoms with van der Waals surface area (Å²) in [5.41, 5.74) is 10.3. The van der Waals surface area contributed by atoms with Crippen LogP contribution in [0.25, 0.3) is 0 Å². The van der Waals surface area contributed by atoms with Crippen LogP contribution in [-0.2, 0) is 11.2 Å². The van der Waals surface area contributed by atoms with Gasteiger partial charge in [-0.3, -0.25) is 4.79 Å². The molecule has 0 bridgehead atoms. The summed E-state index contributed by atoms with van der Waals surface area (Å²) in [7, 11) is 0. The summed E-state index contributed by atoms with van der Waals surface area (Å²) >= 11 is 0. The van der Waals surface area contributed by atoms with Gasteiger partial charge >= 0.3 is 0 Å². The molecule has 3 nitrogen and oxygen atoms in total. The fourth-order valence-corrected chi connectivity index (χ4v) is 2.56. The molecule has 120 valence electrons. The van der Waals surface area contributed by atoms with Crippen LogP contribution in [0.1, 0.15) is 40.3 Å². The Bertz CT molecular complexity index is 760. The Hall–Kier alpha value is -2.42. The average molecular weight is 308 g/mol. The molecular formula is C20H24N2O. The van der Waals surface area contributed by atoms with E-state index in [2.05, 4.69) is 56.4 Å². The second-order valence-corrected chi connectivity index (χ2v) is 6.15. The monoisotopic (exact) mass is 308 g/mol. The van der Waals surface area contributed by atoms with Gasteiger partial charge in [0.2, 0.25) is 5.91 Å². The first-order valence-corrected chi connectivity index (χ1v) is 7.83. The van der Waals surface area contributed by atoms with E-state index in [1.807, 2.05) is 25.1 Å². The normalized spacial score (nSPS) is 11.4. The van der Waals surface area contributed by atoms with Gasteiger partial charge in [0.15, 0.2) is 0 Å². The van der Waals surface area contributed by atoms with E-state index in [9.17, 15) is 4.79 Å². The third-order valence-corrected chi connectivity index (χ3v) is 4.06. The summed E-state index contributed by atoms with van der Waals surface area (Å²) in [6, 6.07) is 12.3.